The zero-order valence-corrected chi connectivity index (χ0v) is 11.4. The highest BCUT2D eigenvalue weighted by Crippen LogP contribution is 2.20. The molecule has 2 aromatic carbocycles. The number of pyridine rings is 1. The van der Waals surface area contributed by atoms with Gasteiger partial charge < -0.3 is 0 Å². The third kappa shape index (κ3) is 2.44. The van der Waals surface area contributed by atoms with Crippen molar-refractivity contribution in [2.45, 2.75) is 6.42 Å². The van der Waals surface area contributed by atoms with Gasteiger partial charge in [0.1, 0.15) is 0 Å². The molecule has 0 atom stereocenters. The summed E-state index contributed by atoms with van der Waals surface area (Å²) < 4.78 is 1.09. The van der Waals surface area contributed by atoms with Gasteiger partial charge in [-0.05, 0) is 29.1 Å². The van der Waals surface area contributed by atoms with Crippen LogP contribution < -0.4 is 0 Å². The molecule has 0 unspecified atom stereocenters. The Balaban J connectivity index is 1.96. The Morgan fingerprint density at radius 1 is 0.889 bits per heavy atom. The second kappa shape index (κ2) is 4.91. The quantitative estimate of drug-likeness (QED) is 0.674. The van der Waals surface area contributed by atoms with E-state index in [9.17, 15) is 0 Å². The van der Waals surface area contributed by atoms with Gasteiger partial charge in [-0.25, -0.2) is 0 Å². The summed E-state index contributed by atoms with van der Waals surface area (Å²) in [6, 6.07) is 18.9. The first-order valence-corrected chi connectivity index (χ1v) is 6.69. The Hall–Kier alpha value is -1.67. The lowest BCUT2D eigenvalue weighted by molar-refractivity contribution is 1.09. The van der Waals surface area contributed by atoms with E-state index in [-0.39, 0.29) is 0 Å². The van der Waals surface area contributed by atoms with Crippen LogP contribution in [0.4, 0.5) is 0 Å². The van der Waals surface area contributed by atoms with Crippen molar-refractivity contribution < 1.29 is 0 Å². The summed E-state index contributed by atoms with van der Waals surface area (Å²) in [7, 11) is 0. The monoisotopic (exact) mass is 297 g/mol. The number of nitrogens with zero attached hydrogens (tertiary/aromatic N) is 1. The van der Waals surface area contributed by atoms with E-state index in [1.54, 1.807) is 0 Å². The van der Waals surface area contributed by atoms with Crippen LogP contribution in [-0.2, 0) is 6.42 Å². The Morgan fingerprint density at radius 3 is 2.56 bits per heavy atom. The summed E-state index contributed by atoms with van der Waals surface area (Å²) >= 11 is 3.48. The normalized spacial score (nSPS) is 10.7. The molecule has 0 amide bonds. The zero-order chi connectivity index (χ0) is 12.4. The highest BCUT2D eigenvalue weighted by Gasteiger charge is 2.00. The number of aromatic nitrogens is 1. The van der Waals surface area contributed by atoms with Gasteiger partial charge in [0.2, 0.25) is 0 Å². The molecule has 0 aliphatic rings. The summed E-state index contributed by atoms with van der Waals surface area (Å²) in [6.45, 7) is 0. The third-order valence-electron chi connectivity index (χ3n) is 2.97. The third-order valence-corrected chi connectivity index (χ3v) is 3.46. The fourth-order valence-electron chi connectivity index (χ4n) is 2.06. The van der Waals surface area contributed by atoms with Gasteiger partial charge in [0.05, 0.1) is 0 Å². The molecule has 1 aromatic heterocycles. The molecular weight excluding hydrogens is 286 g/mol. The lowest BCUT2D eigenvalue weighted by atomic mass is 10.1. The first kappa shape index (κ1) is 11.4. The van der Waals surface area contributed by atoms with Gasteiger partial charge in [-0.3, -0.25) is 4.98 Å². The Labute approximate surface area is 115 Å². The van der Waals surface area contributed by atoms with E-state index in [0.717, 1.165) is 16.6 Å². The largest absolute Gasteiger partial charge is 0.260 e. The number of rotatable bonds is 2. The van der Waals surface area contributed by atoms with Gasteiger partial charge in [-0.2, -0.15) is 0 Å². The summed E-state index contributed by atoms with van der Waals surface area (Å²) in [4.78, 5) is 4.52. The topological polar surface area (TPSA) is 12.9 Å². The number of hydrogen-bond acceptors (Lipinski definition) is 1. The zero-order valence-electron chi connectivity index (χ0n) is 9.81. The van der Waals surface area contributed by atoms with Crippen LogP contribution in [0.2, 0.25) is 0 Å². The molecule has 3 rings (SSSR count). The molecule has 0 saturated carbocycles. The van der Waals surface area contributed by atoms with Crippen molar-refractivity contribution >= 4 is 26.7 Å². The smallest absolute Gasteiger partial charge is 0.0453 e. The molecule has 1 heterocycles. The molecule has 18 heavy (non-hydrogen) atoms. The van der Waals surface area contributed by atoms with Crippen LogP contribution in [-0.4, -0.2) is 4.98 Å². The van der Waals surface area contributed by atoms with Crippen LogP contribution >= 0.6 is 15.9 Å². The molecule has 0 aliphatic heterocycles. The van der Waals surface area contributed by atoms with Crippen LogP contribution in [0.25, 0.3) is 10.8 Å². The standard InChI is InChI=1S/C16H12BrN/c17-15-7-6-13-10-16(18-11-14(13)9-15)8-12-4-2-1-3-5-12/h1-7,9-11H,8H2. The number of halogens is 1. The molecule has 0 fully saturated rings. The molecule has 3 aromatic rings. The highest BCUT2D eigenvalue weighted by molar-refractivity contribution is 9.10. The maximum Gasteiger partial charge on any atom is 0.0453 e. The Morgan fingerprint density at radius 2 is 1.72 bits per heavy atom. The molecule has 0 radical (unpaired) electrons. The van der Waals surface area contributed by atoms with Crippen molar-refractivity contribution in [2.75, 3.05) is 0 Å². The van der Waals surface area contributed by atoms with Gasteiger partial charge in [-0.15, -0.1) is 0 Å². The van der Waals surface area contributed by atoms with Crippen LogP contribution in [0, 0.1) is 0 Å². The van der Waals surface area contributed by atoms with Crippen LogP contribution in [0.1, 0.15) is 11.3 Å². The number of fused-ring (bicyclic) bond motifs is 1. The minimum absolute atomic E-state index is 0.882. The van der Waals surface area contributed by atoms with Crippen molar-refractivity contribution in [3.8, 4) is 0 Å². The molecule has 1 nitrogen and oxygen atoms in total. The summed E-state index contributed by atoms with van der Waals surface area (Å²) in [6.07, 6.45) is 2.82. The molecule has 88 valence electrons. The van der Waals surface area contributed by atoms with Crippen LogP contribution in [0.3, 0.4) is 0 Å². The van der Waals surface area contributed by atoms with Gasteiger partial charge in [-0.1, -0.05) is 52.3 Å². The van der Waals surface area contributed by atoms with Gasteiger partial charge >= 0.3 is 0 Å². The van der Waals surface area contributed by atoms with E-state index in [1.807, 2.05) is 12.3 Å². The van der Waals surface area contributed by atoms with Crippen LogP contribution in [0.5, 0.6) is 0 Å². The average molecular weight is 298 g/mol. The average Bonchev–Trinajstić information content (AvgIpc) is 2.40. The van der Waals surface area contributed by atoms with E-state index in [2.05, 4.69) is 69.4 Å². The second-order valence-electron chi connectivity index (χ2n) is 4.33. The molecular formula is C16H12BrN. The first-order chi connectivity index (χ1) is 8.81. The summed E-state index contributed by atoms with van der Waals surface area (Å²) in [5, 5.41) is 2.40. The van der Waals surface area contributed by atoms with E-state index in [4.69, 9.17) is 0 Å². The van der Waals surface area contributed by atoms with E-state index in [0.29, 0.717) is 0 Å². The maximum atomic E-state index is 4.52. The molecule has 0 spiro atoms. The molecule has 0 aliphatic carbocycles. The van der Waals surface area contributed by atoms with Gasteiger partial charge in [0.25, 0.3) is 0 Å². The molecule has 0 saturated heterocycles. The highest BCUT2D eigenvalue weighted by atomic mass is 79.9. The number of benzene rings is 2. The van der Waals surface area contributed by atoms with Crippen LogP contribution in [0.15, 0.2) is 65.3 Å². The fourth-order valence-corrected chi connectivity index (χ4v) is 2.44. The summed E-state index contributed by atoms with van der Waals surface area (Å²) in [5.74, 6) is 0. The SMILES string of the molecule is Brc1ccc2cc(Cc3ccccc3)ncc2c1. The Bertz CT molecular complexity index is 677. The van der Waals surface area contributed by atoms with Crippen molar-refractivity contribution in [3.63, 3.8) is 0 Å². The minimum Gasteiger partial charge on any atom is -0.260 e. The minimum atomic E-state index is 0.882. The van der Waals surface area contributed by atoms with Crippen molar-refractivity contribution in [3.05, 3.63) is 76.5 Å². The predicted octanol–water partition coefficient (Wildman–Crippen LogP) is 4.59. The maximum absolute atomic E-state index is 4.52. The molecule has 0 bridgehead atoms. The van der Waals surface area contributed by atoms with Gasteiger partial charge in [0, 0.05) is 28.2 Å². The first-order valence-electron chi connectivity index (χ1n) is 5.89. The van der Waals surface area contributed by atoms with Crippen molar-refractivity contribution in [1.29, 1.82) is 0 Å². The lowest BCUT2D eigenvalue weighted by Crippen LogP contribution is -1.91. The van der Waals surface area contributed by atoms with E-state index in [1.165, 1.54) is 16.3 Å². The second-order valence-corrected chi connectivity index (χ2v) is 5.25. The molecule has 2 heteroatoms. The summed E-state index contributed by atoms with van der Waals surface area (Å²) in [5.41, 5.74) is 2.40. The lowest BCUT2D eigenvalue weighted by Gasteiger charge is -2.03. The predicted molar refractivity (Wildman–Crippen MR) is 78.7 cm³/mol. The Kier molecular flexibility index (Phi) is 3.11. The number of hydrogen-bond donors (Lipinski definition) is 0. The van der Waals surface area contributed by atoms with Crippen molar-refractivity contribution in [1.82, 2.24) is 4.98 Å². The van der Waals surface area contributed by atoms with Gasteiger partial charge in [0.15, 0.2) is 0 Å². The molecule has 0 N–H and O–H groups in total. The van der Waals surface area contributed by atoms with E-state index >= 15 is 0 Å². The van der Waals surface area contributed by atoms with E-state index < -0.39 is 0 Å². The fraction of sp³-hybridized carbons (Fsp3) is 0.0625. The van der Waals surface area contributed by atoms with Crippen molar-refractivity contribution in [2.24, 2.45) is 0 Å².